The zero-order valence-corrected chi connectivity index (χ0v) is 18.8. The molecule has 5 rings (SSSR count). The van der Waals surface area contributed by atoms with Gasteiger partial charge in [-0.05, 0) is 60.6 Å². The van der Waals surface area contributed by atoms with Gasteiger partial charge in [0.2, 0.25) is 5.95 Å². The molecular formula is C22H21ClF4N6O. The van der Waals surface area contributed by atoms with Gasteiger partial charge >= 0.3 is 12.2 Å². The molecule has 0 radical (unpaired) electrons. The van der Waals surface area contributed by atoms with E-state index in [2.05, 4.69) is 15.1 Å². The van der Waals surface area contributed by atoms with Crippen molar-refractivity contribution in [2.45, 2.75) is 31.1 Å². The molecule has 2 fully saturated rings. The van der Waals surface area contributed by atoms with E-state index in [9.17, 15) is 17.6 Å². The van der Waals surface area contributed by atoms with E-state index in [1.165, 1.54) is 4.68 Å². The fourth-order valence-corrected chi connectivity index (χ4v) is 5.19. The molecule has 0 amide bonds. The second-order valence-corrected chi connectivity index (χ2v) is 9.03. The van der Waals surface area contributed by atoms with Crippen molar-refractivity contribution in [3.05, 3.63) is 58.6 Å². The maximum Gasteiger partial charge on any atom is 0.419 e. The number of benzene rings is 1. The van der Waals surface area contributed by atoms with Crippen molar-refractivity contribution in [1.29, 1.82) is 0 Å². The SMILES string of the molecule is Cn1nc(N2CC3CCC(C3N)C2c2ccnc(Cl)c2)nc1Oc1ccc(F)c(C(F)(F)F)c1. The van der Waals surface area contributed by atoms with Gasteiger partial charge in [0.25, 0.3) is 0 Å². The summed E-state index contributed by atoms with van der Waals surface area (Å²) in [7, 11) is 1.57. The Bertz CT molecular complexity index is 1220. The molecule has 180 valence electrons. The van der Waals surface area contributed by atoms with Crippen LogP contribution in [-0.2, 0) is 13.2 Å². The number of aromatic nitrogens is 4. The Kier molecular flexibility index (Phi) is 5.64. The van der Waals surface area contributed by atoms with E-state index in [0.29, 0.717) is 29.8 Å². The Balaban J connectivity index is 1.48. The highest BCUT2D eigenvalue weighted by atomic mass is 35.5. The van der Waals surface area contributed by atoms with Crippen LogP contribution >= 0.6 is 11.6 Å². The lowest BCUT2D eigenvalue weighted by molar-refractivity contribution is -0.140. The highest BCUT2D eigenvalue weighted by Gasteiger charge is 2.48. The Labute approximate surface area is 197 Å². The number of hydrogen-bond donors (Lipinski definition) is 1. The second-order valence-electron chi connectivity index (χ2n) is 8.65. The van der Waals surface area contributed by atoms with Gasteiger partial charge in [0.05, 0.1) is 11.6 Å². The van der Waals surface area contributed by atoms with Crippen LogP contribution < -0.4 is 15.4 Å². The van der Waals surface area contributed by atoms with Crippen LogP contribution in [0.4, 0.5) is 23.5 Å². The summed E-state index contributed by atoms with van der Waals surface area (Å²) in [5, 5.41) is 4.82. The number of rotatable bonds is 4. The van der Waals surface area contributed by atoms with E-state index >= 15 is 0 Å². The minimum absolute atomic E-state index is 0.0210. The van der Waals surface area contributed by atoms with Gasteiger partial charge in [-0.15, -0.1) is 5.10 Å². The molecule has 7 nitrogen and oxygen atoms in total. The van der Waals surface area contributed by atoms with E-state index < -0.39 is 17.6 Å². The normalized spacial score (nSPS) is 24.5. The van der Waals surface area contributed by atoms with E-state index in [1.807, 2.05) is 11.0 Å². The number of hydrogen-bond acceptors (Lipinski definition) is 6. The van der Waals surface area contributed by atoms with E-state index in [-0.39, 0.29) is 35.7 Å². The monoisotopic (exact) mass is 496 g/mol. The summed E-state index contributed by atoms with van der Waals surface area (Å²) in [6.45, 7) is 0.612. The fourth-order valence-electron chi connectivity index (χ4n) is 5.01. The van der Waals surface area contributed by atoms with Crippen molar-refractivity contribution in [2.24, 2.45) is 24.6 Å². The second kappa shape index (κ2) is 8.38. The largest absolute Gasteiger partial charge is 0.424 e. The van der Waals surface area contributed by atoms with Crippen molar-refractivity contribution in [1.82, 2.24) is 19.7 Å². The summed E-state index contributed by atoms with van der Waals surface area (Å²) in [5.41, 5.74) is 6.04. The lowest BCUT2D eigenvalue weighted by Gasteiger charge is -2.43. The third-order valence-electron chi connectivity index (χ3n) is 6.60. The van der Waals surface area contributed by atoms with Crippen molar-refractivity contribution >= 4 is 17.5 Å². The first-order valence-corrected chi connectivity index (χ1v) is 11.1. The van der Waals surface area contributed by atoms with E-state index in [1.54, 1.807) is 19.3 Å². The summed E-state index contributed by atoms with van der Waals surface area (Å²) in [6, 6.07) is 5.95. The standard InChI is InChI=1S/C22H21ClF4N6O/c1-32-21(34-13-3-5-16(24)15(9-13)22(25,26)27)30-20(31-32)33-10-12-2-4-14(18(12)28)19(33)11-6-7-29-17(23)8-11/h3,5-9,12,14,18-19H,2,4,10,28H2,1H3. The van der Waals surface area contributed by atoms with Crippen LogP contribution in [0.2, 0.25) is 5.15 Å². The van der Waals surface area contributed by atoms with Crippen LogP contribution in [0.3, 0.4) is 0 Å². The molecule has 1 aliphatic heterocycles. The lowest BCUT2D eigenvalue weighted by Crippen LogP contribution is -2.51. The van der Waals surface area contributed by atoms with Gasteiger partial charge in [0.15, 0.2) is 0 Å². The van der Waals surface area contributed by atoms with Gasteiger partial charge in [-0.3, -0.25) is 0 Å². The molecule has 4 atom stereocenters. The summed E-state index contributed by atoms with van der Waals surface area (Å²) in [6.07, 6.45) is -1.29. The van der Waals surface area contributed by atoms with Gasteiger partial charge in [0.1, 0.15) is 16.7 Å². The lowest BCUT2D eigenvalue weighted by atomic mass is 9.83. The van der Waals surface area contributed by atoms with Crippen molar-refractivity contribution in [2.75, 3.05) is 11.4 Å². The molecule has 12 heteroatoms. The Hall–Kier alpha value is -2.92. The van der Waals surface area contributed by atoms with Crippen molar-refractivity contribution in [3.63, 3.8) is 0 Å². The summed E-state index contributed by atoms with van der Waals surface area (Å²) in [4.78, 5) is 10.6. The highest BCUT2D eigenvalue weighted by molar-refractivity contribution is 6.29. The smallest absolute Gasteiger partial charge is 0.419 e. The highest BCUT2D eigenvalue weighted by Crippen LogP contribution is 2.48. The first-order chi connectivity index (χ1) is 16.1. The third kappa shape index (κ3) is 4.07. The van der Waals surface area contributed by atoms with Gasteiger partial charge in [0, 0.05) is 25.8 Å². The predicted octanol–water partition coefficient (Wildman–Crippen LogP) is 4.73. The van der Waals surface area contributed by atoms with E-state index in [4.69, 9.17) is 22.1 Å². The third-order valence-corrected chi connectivity index (χ3v) is 6.80. The number of halogens is 5. The first-order valence-electron chi connectivity index (χ1n) is 10.7. The minimum Gasteiger partial charge on any atom is -0.424 e. The van der Waals surface area contributed by atoms with Gasteiger partial charge in [-0.2, -0.15) is 18.2 Å². The average Bonchev–Trinajstić information content (AvgIpc) is 3.23. The maximum absolute atomic E-state index is 13.6. The number of ether oxygens (including phenoxy) is 1. The number of aryl methyl sites for hydroxylation is 1. The topological polar surface area (TPSA) is 82.1 Å². The maximum atomic E-state index is 13.6. The Morgan fingerprint density at radius 2 is 1.97 bits per heavy atom. The van der Waals surface area contributed by atoms with E-state index in [0.717, 1.165) is 24.5 Å². The number of alkyl halides is 3. The van der Waals surface area contributed by atoms with Crippen LogP contribution in [0.1, 0.15) is 30.0 Å². The zero-order chi connectivity index (χ0) is 24.2. The molecular weight excluding hydrogens is 476 g/mol. The molecule has 1 saturated heterocycles. The number of anilines is 1. The zero-order valence-electron chi connectivity index (χ0n) is 18.0. The molecule has 1 saturated carbocycles. The van der Waals surface area contributed by atoms with Crippen LogP contribution in [-0.4, -0.2) is 32.3 Å². The number of fused-ring (bicyclic) bond motifs is 2. The Morgan fingerprint density at radius 1 is 1.18 bits per heavy atom. The Morgan fingerprint density at radius 3 is 2.71 bits per heavy atom. The van der Waals surface area contributed by atoms with Crippen LogP contribution in [0.5, 0.6) is 11.8 Å². The molecule has 1 aliphatic carbocycles. The van der Waals surface area contributed by atoms with Crippen LogP contribution in [0.15, 0.2) is 36.5 Å². The van der Waals surface area contributed by atoms with Gasteiger partial charge in [-0.25, -0.2) is 14.1 Å². The minimum atomic E-state index is -4.85. The number of pyridine rings is 1. The predicted molar refractivity (Wildman–Crippen MR) is 116 cm³/mol. The summed E-state index contributed by atoms with van der Waals surface area (Å²) >= 11 is 6.15. The summed E-state index contributed by atoms with van der Waals surface area (Å²) in [5.74, 6) is -0.807. The molecule has 2 aromatic heterocycles. The molecule has 3 aromatic rings. The molecule has 2 bridgehead atoms. The molecule has 4 unspecified atom stereocenters. The molecule has 1 aromatic carbocycles. The van der Waals surface area contributed by atoms with Crippen molar-refractivity contribution < 1.29 is 22.3 Å². The van der Waals surface area contributed by atoms with Gasteiger partial charge < -0.3 is 15.4 Å². The molecule has 0 spiro atoms. The summed E-state index contributed by atoms with van der Waals surface area (Å²) < 4.78 is 59.8. The molecule has 3 heterocycles. The molecule has 2 aliphatic rings. The fraction of sp³-hybridized carbons (Fsp3) is 0.409. The number of nitrogens with two attached hydrogens (primary N) is 1. The van der Waals surface area contributed by atoms with Crippen LogP contribution in [0, 0.1) is 17.7 Å². The van der Waals surface area contributed by atoms with Crippen LogP contribution in [0.25, 0.3) is 0 Å². The van der Waals surface area contributed by atoms with Gasteiger partial charge in [-0.1, -0.05) is 11.6 Å². The molecule has 34 heavy (non-hydrogen) atoms. The molecule has 2 N–H and O–H groups in total. The van der Waals surface area contributed by atoms with Crippen molar-refractivity contribution in [3.8, 4) is 11.8 Å². The number of nitrogens with zero attached hydrogens (tertiary/aromatic N) is 5. The quantitative estimate of drug-likeness (QED) is 0.415. The average molecular weight is 497 g/mol. The number of piperidine rings is 1. The first kappa shape index (κ1) is 22.9.